The van der Waals surface area contributed by atoms with Crippen LogP contribution in [0, 0.1) is 12.8 Å². The summed E-state index contributed by atoms with van der Waals surface area (Å²) in [5.41, 5.74) is 2.44. The van der Waals surface area contributed by atoms with Crippen LogP contribution in [0.4, 0.5) is 11.8 Å². The van der Waals surface area contributed by atoms with Crippen LogP contribution in [0.2, 0.25) is 0 Å². The van der Waals surface area contributed by atoms with Crippen molar-refractivity contribution in [3.05, 3.63) is 41.6 Å². The number of fused-ring (bicyclic) bond motifs is 2. The third-order valence-electron chi connectivity index (χ3n) is 7.06. The van der Waals surface area contributed by atoms with E-state index in [0.29, 0.717) is 18.0 Å². The predicted octanol–water partition coefficient (Wildman–Crippen LogP) is 2.93. The quantitative estimate of drug-likeness (QED) is 0.796. The zero-order valence-electron chi connectivity index (χ0n) is 17.9. The Kier molecular flexibility index (Phi) is 4.62. The van der Waals surface area contributed by atoms with Crippen molar-refractivity contribution in [3.8, 4) is 5.75 Å². The Morgan fingerprint density at radius 1 is 1.03 bits per heavy atom. The summed E-state index contributed by atoms with van der Waals surface area (Å²) in [5, 5.41) is 0. The Bertz CT molecular complexity index is 875. The van der Waals surface area contributed by atoms with Gasteiger partial charge in [-0.1, -0.05) is 12.1 Å². The monoisotopic (exact) mass is 393 g/mol. The summed E-state index contributed by atoms with van der Waals surface area (Å²) in [4.78, 5) is 16.9. The van der Waals surface area contributed by atoms with Crippen molar-refractivity contribution >= 4 is 11.8 Å². The first-order chi connectivity index (χ1) is 14.0. The molecule has 4 aliphatic rings. The summed E-state index contributed by atoms with van der Waals surface area (Å²) in [5.74, 6) is 4.05. The van der Waals surface area contributed by atoms with E-state index in [1.165, 1.54) is 31.5 Å². The molecule has 0 radical (unpaired) electrons. The number of nitrogens with zero attached hydrogens (tertiary/aromatic N) is 5. The molecule has 0 amide bonds. The van der Waals surface area contributed by atoms with Gasteiger partial charge in [0, 0.05) is 50.4 Å². The fourth-order valence-corrected chi connectivity index (χ4v) is 5.71. The molecule has 154 valence electrons. The predicted molar refractivity (Wildman–Crippen MR) is 116 cm³/mol. The number of anilines is 2. The third-order valence-corrected chi connectivity index (χ3v) is 7.06. The molecule has 0 spiro atoms. The fraction of sp³-hybridized carbons (Fsp3) is 0.565. The number of aryl methyl sites for hydroxylation is 1. The Morgan fingerprint density at radius 3 is 2.41 bits per heavy atom. The van der Waals surface area contributed by atoms with E-state index in [1.54, 1.807) is 7.11 Å². The van der Waals surface area contributed by atoms with Gasteiger partial charge in [0.2, 0.25) is 5.95 Å². The maximum absolute atomic E-state index is 5.38. The molecule has 29 heavy (non-hydrogen) atoms. The van der Waals surface area contributed by atoms with Crippen LogP contribution in [0.3, 0.4) is 0 Å². The normalized spacial score (nSPS) is 30.3. The molecule has 0 N–H and O–H groups in total. The van der Waals surface area contributed by atoms with Gasteiger partial charge in [0.25, 0.3) is 0 Å². The highest BCUT2D eigenvalue weighted by Gasteiger charge is 2.53. The zero-order chi connectivity index (χ0) is 20.1. The number of aromatic nitrogens is 2. The molecule has 0 aliphatic carbocycles. The number of methoxy groups -OCH3 is 1. The van der Waals surface area contributed by atoms with E-state index in [4.69, 9.17) is 9.72 Å². The second kappa shape index (κ2) is 7.17. The average molecular weight is 394 g/mol. The van der Waals surface area contributed by atoms with E-state index >= 15 is 0 Å². The van der Waals surface area contributed by atoms with Gasteiger partial charge in [-0.25, -0.2) is 4.98 Å². The number of ether oxygens (including phenoxy) is 1. The maximum Gasteiger partial charge on any atom is 0.226 e. The first-order valence-electron chi connectivity index (χ1n) is 10.7. The molecule has 4 aliphatic heterocycles. The summed E-state index contributed by atoms with van der Waals surface area (Å²) >= 11 is 0. The van der Waals surface area contributed by atoms with Crippen molar-refractivity contribution in [2.75, 3.05) is 50.6 Å². The molecule has 5 heterocycles. The molecule has 0 saturated carbocycles. The van der Waals surface area contributed by atoms with Crippen molar-refractivity contribution in [2.45, 2.75) is 37.8 Å². The Morgan fingerprint density at radius 2 is 1.76 bits per heavy atom. The average Bonchev–Trinajstić information content (AvgIpc) is 3.17. The van der Waals surface area contributed by atoms with Crippen LogP contribution >= 0.6 is 0 Å². The highest BCUT2D eigenvalue weighted by Crippen LogP contribution is 2.48. The fourth-order valence-electron chi connectivity index (χ4n) is 5.71. The van der Waals surface area contributed by atoms with Crippen LogP contribution in [-0.2, 0) is 0 Å². The van der Waals surface area contributed by atoms with E-state index in [9.17, 15) is 0 Å². The molecule has 1 aromatic heterocycles. The van der Waals surface area contributed by atoms with Crippen LogP contribution in [0.15, 0.2) is 30.3 Å². The number of hydrogen-bond donors (Lipinski definition) is 0. The van der Waals surface area contributed by atoms with Gasteiger partial charge in [-0.15, -0.1) is 0 Å². The van der Waals surface area contributed by atoms with Crippen LogP contribution in [0.1, 0.15) is 30.0 Å². The van der Waals surface area contributed by atoms with Gasteiger partial charge in [0.05, 0.1) is 7.11 Å². The van der Waals surface area contributed by atoms with Crippen LogP contribution in [-0.4, -0.2) is 67.8 Å². The van der Waals surface area contributed by atoms with Crippen molar-refractivity contribution in [3.63, 3.8) is 0 Å². The van der Waals surface area contributed by atoms with Gasteiger partial charge in [0.1, 0.15) is 11.6 Å². The largest absolute Gasteiger partial charge is 0.497 e. The smallest absolute Gasteiger partial charge is 0.226 e. The Balaban J connectivity index is 1.54. The summed E-state index contributed by atoms with van der Waals surface area (Å²) in [6, 6.07) is 12.0. The highest BCUT2D eigenvalue weighted by atomic mass is 16.5. The number of hydrogen-bond acceptors (Lipinski definition) is 6. The lowest BCUT2D eigenvalue weighted by atomic mass is 9.75. The molecule has 4 saturated heterocycles. The second-order valence-electron chi connectivity index (χ2n) is 8.95. The third kappa shape index (κ3) is 3.14. The lowest BCUT2D eigenvalue weighted by Crippen LogP contribution is -2.60. The summed E-state index contributed by atoms with van der Waals surface area (Å²) in [6.07, 6.45) is 2.61. The summed E-state index contributed by atoms with van der Waals surface area (Å²) < 4.78 is 5.38. The van der Waals surface area contributed by atoms with Crippen molar-refractivity contribution < 1.29 is 4.74 Å². The topological polar surface area (TPSA) is 44.7 Å². The van der Waals surface area contributed by atoms with E-state index in [2.05, 4.69) is 52.0 Å². The van der Waals surface area contributed by atoms with Crippen molar-refractivity contribution in [1.29, 1.82) is 0 Å². The number of piperidine rings is 3. The zero-order valence-corrected chi connectivity index (χ0v) is 17.9. The SMILES string of the molecule is COc1ccc([C@H]2CN(c3cc(C)nc(N(C)C)n3)[C@H]3C4CCN(CC4)[C@@H]23)cc1. The van der Waals surface area contributed by atoms with E-state index in [0.717, 1.165) is 35.7 Å². The van der Waals surface area contributed by atoms with Crippen molar-refractivity contribution in [2.24, 2.45) is 5.92 Å². The molecule has 4 fully saturated rings. The molecule has 3 atom stereocenters. The standard InChI is InChI=1S/C23H31N5O/c1-15-13-20(25-23(24-15)26(2)3)28-14-19(16-5-7-18(29-4)8-6-16)22-21(28)17-9-11-27(22)12-10-17/h5-8,13,17,19,21-22H,9-12,14H2,1-4H3/t19-,21+,22+/m1/s1. The Labute approximate surface area is 173 Å². The maximum atomic E-state index is 5.38. The van der Waals surface area contributed by atoms with Gasteiger partial charge in [-0.2, -0.15) is 4.98 Å². The molecule has 0 unspecified atom stereocenters. The first-order valence-corrected chi connectivity index (χ1v) is 10.7. The van der Waals surface area contributed by atoms with Gasteiger partial charge >= 0.3 is 0 Å². The molecular formula is C23H31N5O. The minimum atomic E-state index is 0.493. The minimum absolute atomic E-state index is 0.493. The highest BCUT2D eigenvalue weighted by molar-refractivity contribution is 5.51. The van der Waals surface area contributed by atoms with Crippen LogP contribution in [0.5, 0.6) is 5.75 Å². The Hall–Kier alpha value is -2.34. The molecule has 2 aromatic rings. The second-order valence-corrected chi connectivity index (χ2v) is 8.95. The number of rotatable bonds is 4. The molecule has 6 heteroatoms. The minimum Gasteiger partial charge on any atom is -0.497 e. The van der Waals surface area contributed by atoms with Crippen LogP contribution in [0.25, 0.3) is 0 Å². The van der Waals surface area contributed by atoms with Gasteiger partial charge in [0.15, 0.2) is 0 Å². The summed E-state index contributed by atoms with van der Waals surface area (Å²) in [6.45, 7) is 5.55. The summed E-state index contributed by atoms with van der Waals surface area (Å²) in [7, 11) is 5.76. The number of benzene rings is 1. The lowest BCUT2D eigenvalue weighted by molar-refractivity contribution is 0.0354. The van der Waals surface area contributed by atoms with Gasteiger partial charge in [-0.3, -0.25) is 4.90 Å². The van der Waals surface area contributed by atoms with Gasteiger partial charge < -0.3 is 14.5 Å². The van der Waals surface area contributed by atoms with Crippen molar-refractivity contribution in [1.82, 2.24) is 14.9 Å². The molecule has 6 nitrogen and oxygen atoms in total. The van der Waals surface area contributed by atoms with Gasteiger partial charge in [-0.05, 0) is 56.5 Å². The molecular weight excluding hydrogens is 362 g/mol. The van der Waals surface area contributed by atoms with E-state index in [-0.39, 0.29) is 0 Å². The molecule has 6 rings (SSSR count). The lowest BCUT2D eigenvalue weighted by Gasteiger charge is -2.51. The van der Waals surface area contributed by atoms with Crippen LogP contribution < -0.4 is 14.5 Å². The molecule has 1 aromatic carbocycles. The van der Waals surface area contributed by atoms with E-state index in [1.807, 2.05) is 19.0 Å². The molecule has 2 bridgehead atoms. The first kappa shape index (κ1) is 18.7. The van der Waals surface area contributed by atoms with E-state index < -0.39 is 0 Å².